The molecule has 0 heterocycles. The fourth-order valence-electron chi connectivity index (χ4n) is 4.54. The summed E-state index contributed by atoms with van der Waals surface area (Å²) in [4.78, 5) is 34.8. The van der Waals surface area contributed by atoms with Gasteiger partial charge in [0.2, 0.25) is 0 Å². The number of benzene rings is 4. The average molecular weight is 565 g/mol. The van der Waals surface area contributed by atoms with Crippen molar-refractivity contribution in [2.75, 3.05) is 38.0 Å². The number of hydrogen-bond donors (Lipinski definition) is 0. The minimum Gasteiger partial charge on any atom is -0.372 e. The van der Waals surface area contributed by atoms with Crippen LogP contribution >= 0.6 is 0 Å². The van der Waals surface area contributed by atoms with Gasteiger partial charge in [0, 0.05) is 52.8 Å². The van der Waals surface area contributed by atoms with E-state index in [1.165, 1.54) is 12.1 Å². The average Bonchev–Trinajstić information content (AvgIpc) is 2.95. The molecule has 0 spiro atoms. The van der Waals surface area contributed by atoms with E-state index in [1.54, 1.807) is 62.6 Å². The lowest BCUT2D eigenvalue weighted by atomic mass is 10.00. The molecule has 0 aliphatic rings. The highest BCUT2D eigenvalue weighted by Gasteiger charge is 2.17. The van der Waals surface area contributed by atoms with Crippen LogP contribution in [0.1, 0.15) is 22.3 Å². The Kier molecular flexibility index (Phi) is 8.76. The predicted molar refractivity (Wildman–Crippen MR) is 171 cm³/mol. The van der Waals surface area contributed by atoms with Crippen molar-refractivity contribution >= 4 is 46.6 Å². The van der Waals surface area contributed by atoms with Crippen LogP contribution in [0.5, 0.6) is 0 Å². The molecule has 42 heavy (non-hydrogen) atoms. The zero-order valence-electron chi connectivity index (χ0n) is 24.4. The summed E-state index contributed by atoms with van der Waals surface area (Å²) >= 11 is 0. The molecule has 0 saturated carbocycles. The number of aryl methyl sites for hydroxylation is 2. The van der Waals surface area contributed by atoms with Gasteiger partial charge in [-0.1, -0.05) is 24.3 Å². The SMILES string of the molecule is Cc1cc(-c2ccc(N=Cc3ccc(N(C)C)c([N+](=O)[O-])c3)c(C)c2)ccc1N=Cc1ccc(N(C)C)c([N+](=O)[O-])c1. The Morgan fingerprint density at radius 2 is 0.976 bits per heavy atom. The van der Waals surface area contributed by atoms with Crippen molar-refractivity contribution in [3.05, 3.63) is 115 Å². The second-order valence-electron chi connectivity index (χ2n) is 10.3. The molecule has 0 fully saturated rings. The molecule has 4 rings (SSSR count). The number of anilines is 2. The molecule has 10 heteroatoms. The molecule has 0 bridgehead atoms. The van der Waals surface area contributed by atoms with Crippen LogP contribution < -0.4 is 9.80 Å². The van der Waals surface area contributed by atoms with Crippen molar-refractivity contribution in [3.8, 4) is 11.1 Å². The van der Waals surface area contributed by atoms with Crippen molar-refractivity contribution in [1.29, 1.82) is 0 Å². The summed E-state index contributed by atoms with van der Waals surface area (Å²) in [6, 6.07) is 22.0. The van der Waals surface area contributed by atoms with Gasteiger partial charge in [-0.25, -0.2) is 0 Å². The first-order chi connectivity index (χ1) is 19.9. The second kappa shape index (κ2) is 12.4. The molecule has 10 nitrogen and oxygen atoms in total. The summed E-state index contributed by atoms with van der Waals surface area (Å²) in [7, 11) is 7.07. The van der Waals surface area contributed by atoms with E-state index in [9.17, 15) is 20.2 Å². The van der Waals surface area contributed by atoms with Gasteiger partial charge < -0.3 is 9.80 Å². The number of nitrogens with zero attached hydrogens (tertiary/aromatic N) is 6. The third-order valence-corrected chi connectivity index (χ3v) is 6.79. The first kappa shape index (κ1) is 29.6. The number of hydrogen-bond acceptors (Lipinski definition) is 8. The molecule has 0 saturated heterocycles. The normalized spacial score (nSPS) is 11.3. The smallest absolute Gasteiger partial charge is 0.293 e. The lowest BCUT2D eigenvalue weighted by Gasteiger charge is -2.12. The maximum Gasteiger partial charge on any atom is 0.293 e. The van der Waals surface area contributed by atoms with Gasteiger partial charge in [0.25, 0.3) is 11.4 Å². The van der Waals surface area contributed by atoms with Crippen LogP contribution in [0.4, 0.5) is 34.1 Å². The summed E-state index contributed by atoms with van der Waals surface area (Å²) in [6.45, 7) is 3.94. The highest BCUT2D eigenvalue weighted by atomic mass is 16.6. The van der Waals surface area contributed by atoms with Crippen LogP contribution in [-0.2, 0) is 0 Å². The van der Waals surface area contributed by atoms with Crippen LogP contribution in [0.15, 0.2) is 82.8 Å². The van der Waals surface area contributed by atoms with Gasteiger partial charge in [0.1, 0.15) is 11.4 Å². The number of nitro benzene ring substituents is 2. The second-order valence-corrected chi connectivity index (χ2v) is 10.3. The van der Waals surface area contributed by atoms with E-state index < -0.39 is 0 Å². The Bertz CT molecular complexity index is 1600. The van der Waals surface area contributed by atoms with Gasteiger partial charge in [0.15, 0.2) is 0 Å². The molecule has 0 atom stereocenters. The summed E-state index contributed by atoms with van der Waals surface area (Å²) < 4.78 is 0. The summed E-state index contributed by atoms with van der Waals surface area (Å²) in [5, 5.41) is 23.0. The predicted octanol–water partition coefficient (Wildman–Crippen LogP) is 7.42. The maximum absolute atomic E-state index is 11.5. The van der Waals surface area contributed by atoms with Crippen LogP contribution in [0.25, 0.3) is 11.1 Å². The molecule has 0 N–H and O–H groups in total. The summed E-state index contributed by atoms with van der Waals surface area (Å²) in [5.74, 6) is 0. The number of rotatable bonds is 9. The zero-order valence-corrected chi connectivity index (χ0v) is 24.4. The van der Waals surface area contributed by atoms with Crippen molar-refractivity contribution in [1.82, 2.24) is 0 Å². The van der Waals surface area contributed by atoms with Crippen molar-refractivity contribution in [2.24, 2.45) is 9.98 Å². The molecule has 0 amide bonds. The highest BCUT2D eigenvalue weighted by Crippen LogP contribution is 2.32. The first-order valence-corrected chi connectivity index (χ1v) is 13.2. The minimum atomic E-state index is -0.389. The summed E-state index contributed by atoms with van der Waals surface area (Å²) in [5.41, 5.74) is 7.92. The van der Waals surface area contributed by atoms with Crippen LogP contribution in [0, 0.1) is 34.1 Å². The largest absolute Gasteiger partial charge is 0.372 e. The van der Waals surface area contributed by atoms with Crippen LogP contribution in [0.3, 0.4) is 0 Å². The van der Waals surface area contributed by atoms with Gasteiger partial charge in [-0.15, -0.1) is 0 Å². The molecule has 0 aliphatic heterocycles. The molecule has 214 valence electrons. The van der Waals surface area contributed by atoms with Crippen LogP contribution in [-0.4, -0.2) is 50.5 Å². The molecular weight excluding hydrogens is 532 g/mol. The topological polar surface area (TPSA) is 117 Å². The fourth-order valence-corrected chi connectivity index (χ4v) is 4.54. The van der Waals surface area contributed by atoms with E-state index >= 15 is 0 Å². The van der Waals surface area contributed by atoms with E-state index in [-0.39, 0.29) is 21.2 Å². The van der Waals surface area contributed by atoms with Crippen molar-refractivity contribution in [3.63, 3.8) is 0 Å². The third kappa shape index (κ3) is 6.67. The van der Waals surface area contributed by atoms with Gasteiger partial charge in [0.05, 0.1) is 21.2 Å². The van der Waals surface area contributed by atoms with Gasteiger partial charge in [-0.2, -0.15) is 0 Å². The van der Waals surface area contributed by atoms with Gasteiger partial charge in [-0.3, -0.25) is 30.2 Å². The Labute approximate surface area is 244 Å². The zero-order chi connectivity index (χ0) is 30.6. The van der Waals surface area contributed by atoms with Crippen molar-refractivity contribution in [2.45, 2.75) is 13.8 Å². The number of nitro groups is 2. The Balaban J connectivity index is 1.53. The standard InChI is InChI=1S/C32H32N6O4/c1-21-15-25(9-11-27(21)33-19-23-7-13-29(35(3)4)31(17-23)37(39)40)26-10-12-28(22(2)16-26)34-20-24-8-14-30(36(5)6)32(18-24)38(41)42/h7-20H,1-6H3. The molecule has 4 aromatic carbocycles. The molecule has 4 aromatic rings. The van der Waals surface area contributed by atoms with Crippen LogP contribution in [0.2, 0.25) is 0 Å². The minimum absolute atomic E-state index is 0.0303. The maximum atomic E-state index is 11.5. The lowest BCUT2D eigenvalue weighted by Crippen LogP contribution is -2.11. The van der Waals surface area contributed by atoms with E-state index in [0.29, 0.717) is 22.5 Å². The quantitative estimate of drug-likeness (QED) is 0.119. The lowest BCUT2D eigenvalue weighted by molar-refractivity contribution is -0.384. The van der Waals surface area contributed by atoms with Gasteiger partial charge in [-0.05, 0) is 83.6 Å². The Morgan fingerprint density at radius 3 is 1.29 bits per heavy atom. The Hall–Kier alpha value is -5.38. The van der Waals surface area contributed by atoms with Crippen molar-refractivity contribution < 1.29 is 9.85 Å². The third-order valence-electron chi connectivity index (χ3n) is 6.79. The van der Waals surface area contributed by atoms with E-state index in [0.717, 1.165) is 33.6 Å². The summed E-state index contributed by atoms with van der Waals surface area (Å²) in [6.07, 6.45) is 3.27. The molecule has 0 aliphatic carbocycles. The van der Waals surface area contributed by atoms with Gasteiger partial charge >= 0.3 is 0 Å². The molecule has 0 aromatic heterocycles. The molecular formula is C32H32N6O4. The first-order valence-electron chi connectivity index (χ1n) is 13.2. The molecule has 0 unspecified atom stereocenters. The fraction of sp³-hybridized carbons (Fsp3) is 0.188. The Morgan fingerprint density at radius 1 is 0.595 bits per heavy atom. The van der Waals surface area contributed by atoms with E-state index in [2.05, 4.69) is 9.98 Å². The molecule has 0 radical (unpaired) electrons. The highest BCUT2D eigenvalue weighted by molar-refractivity contribution is 5.87. The number of aliphatic imine (C=N–C) groups is 2. The van der Waals surface area contributed by atoms with E-state index in [4.69, 9.17) is 0 Å². The monoisotopic (exact) mass is 564 g/mol. The van der Waals surface area contributed by atoms with E-state index in [1.807, 2.05) is 62.4 Å².